The Labute approximate surface area is 115 Å². The minimum atomic E-state index is 0.538. The van der Waals surface area contributed by atoms with E-state index in [-0.39, 0.29) is 0 Å². The number of pyridine rings is 1. The first-order valence-electron chi connectivity index (χ1n) is 6.74. The van der Waals surface area contributed by atoms with Crippen LogP contribution in [-0.2, 0) is 6.54 Å². The molecule has 104 valence electrons. The third-order valence-electron chi connectivity index (χ3n) is 2.94. The van der Waals surface area contributed by atoms with E-state index in [1.165, 1.54) is 24.6 Å². The number of allylic oxidation sites excluding steroid dienone is 1. The Kier molecular flexibility index (Phi) is 6.82. The number of aromatic nitrogens is 1. The van der Waals surface area contributed by atoms with Crippen LogP contribution in [-0.4, -0.2) is 24.3 Å². The normalized spacial score (nSPS) is 13.9. The number of hydrogen-bond donors (Lipinski definition) is 2. The molecule has 3 N–H and O–H groups in total. The van der Waals surface area contributed by atoms with Crippen LogP contribution in [0.2, 0.25) is 0 Å². The molecule has 1 aromatic rings. The van der Waals surface area contributed by atoms with Gasteiger partial charge in [-0.05, 0) is 25.0 Å². The molecule has 1 heterocycles. The molecule has 0 bridgehead atoms. The molecule has 4 heteroatoms. The average Bonchev–Trinajstić information content (AvgIpc) is 2.43. The fourth-order valence-corrected chi connectivity index (χ4v) is 1.86. The minimum absolute atomic E-state index is 0.538. The molecule has 1 atom stereocenters. The number of nitrogens with zero attached hydrogens (tertiary/aromatic N) is 2. The summed E-state index contributed by atoms with van der Waals surface area (Å²) in [5.74, 6) is 0. The first-order chi connectivity index (χ1) is 9.21. The van der Waals surface area contributed by atoms with Gasteiger partial charge in [0.05, 0.1) is 5.69 Å². The molecule has 0 aliphatic heterocycles. The zero-order valence-electron chi connectivity index (χ0n) is 12.1. The molecule has 0 fully saturated rings. The molecule has 0 spiro atoms. The van der Waals surface area contributed by atoms with Crippen molar-refractivity contribution < 1.29 is 0 Å². The van der Waals surface area contributed by atoms with Gasteiger partial charge >= 0.3 is 0 Å². The van der Waals surface area contributed by atoms with Gasteiger partial charge in [0.15, 0.2) is 0 Å². The highest BCUT2D eigenvalue weighted by Gasteiger charge is 2.02. The van der Waals surface area contributed by atoms with Crippen LogP contribution in [0.15, 0.2) is 29.5 Å². The summed E-state index contributed by atoms with van der Waals surface area (Å²) < 4.78 is 0. The quantitative estimate of drug-likeness (QED) is 0.740. The fourth-order valence-electron chi connectivity index (χ4n) is 1.86. The highest BCUT2D eigenvalue weighted by molar-refractivity contribution is 6.08. The van der Waals surface area contributed by atoms with Crippen molar-refractivity contribution in [1.29, 1.82) is 0 Å². The lowest BCUT2D eigenvalue weighted by Crippen LogP contribution is -2.25. The molecule has 4 nitrogen and oxygen atoms in total. The molecule has 19 heavy (non-hydrogen) atoms. The Bertz CT molecular complexity index is 420. The van der Waals surface area contributed by atoms with Crippen molar-refractivity contribution in [2.75, 3.05) is 7.05 Å². The Morgan fingerprint density at radius 2 is 2.32 bits per heavy atom. The van der Waals surface area contributed by atoms with E-state index in [1.54, 1.807) is 13.3 Å². The molecule has 1 rings (SSSR count). The zero-order chi connectivity index (χ0) is 14.1. The van der Waals surface area contributed by atoms with Crippen LogP contribution in [0.1, 0.15) is 37.9 Å². The Morgan fingerprint density at radius 3 is 2.84 bits per heavy atom. The van der Waals surface area contributed by atoms with Crippen molar-refractivity contribution in [2.24, 2.45) is 10.7 Å². The molecule has 0 aromatic carbocycles. The average molecular weight is 260 g/mol. The molecule has 1 aromatic heterocycles. The zero-order valence-corrected chi connectivity index (χ0v) is 12.1. The van der Waals surface area contributed by atoms with Gasteiger partial charge in [0, 0.05) is 43.8 Å². The Morgan fingerprint density at radius 1 is 1.53 bits per heavy atom. The van der Waals surface area contributed by atoms with E-state index < -0.39 is 0 Å². The number of nitrogens with two attached hydrogens (primary N) is 1. The maximum Gasteiger partial charge on any atom is 0.0731 e. The smallest absolute Gasteiger partial charge is 0.0731 e. The van der Waals surface area contributed by atoms with Gasteiger partial charge in [-0.1, -0.05) is 19.4 Å². The molecule has 0 radical (unpaired) electrons. The molecule has 0 aliphatic rings. The van der Waals surface area contributed by atoms with Crippen molar-refractivity contribution >= 4 is 11.8 Å². The topological polar surface area (TPSA) is 63.3 Å². The predicted octanol–water partition coefficient (Wildman–Crippen LogP) is 2.36. The number of aliphatic imine (C=N–C) groups is 1. The van der Waals surface area contributed by atoms with Gasteiger partial charge in [0.2, 0.25) is 0 Å². The van der Waals surface area contributed by atoms with Crippen LogP contribution < -0.4 is 11.1 Å². The van der Waals surface area contributed by atoms with E-state index in [4.69, 9.17) is 5.73 Å². The summed E-state index contributed by atoms with van der Waals surface area (Å²) in [6.45, 7) is 5.25. The largest absolute Gasteiger partial charge is 0.404 e. The van der Waals surface area contributed by atoms with Gasteiger partial charge < -0.3 is 11.1 Å². The highest BCUT2D eigenvalue weighted by Crippen LogP contribution is 2.09. The van der Waals surface area contributed by atoms with E-state index in [9.17, 15) is 0 Å². The van der Waals surface area contributed by atoms with E-state index in [0.29, 0.717) is 6.04 Å². The second-order valence-corrected chi connectivity index (χ2v) is 4.63. The number of hydrogen-bond acceptors (Lipinski definition) is 4. The van der Waals surface area contributed by atoms with Crippen molar-refractivity contribution in [2.45, 2.75) is 39.3 Å². The molecule has 0 aliphatic carbocycles. The minimum Gasteiger partial charge on any atom is -0.404 e. The van der Waals surface area contributed by atoms with Crippen molar-refractivity contribution in [3.8, 4) is 0 Å². The van der Waals surface area contributed by atoms with Gasteiger partial charge in [-0.2, -0.15) is 0 Å². The number of rotatable bonds is 7. The van der Waals surface area contributed by atoms with Crippen LogP contribution in [0.25, 0.3) is 5.57 Å². The van der Waals surface area contributed by atoms with Crippen LogP contribution in [0.3, 0.4) is 0 Å². The summed E-state index contributed by atoms with van der Waals surface area (Å²) in [7, 11) is 1.72. The van der Waals surface area contributed by atoms with Crippen LogP contribution in [0, 0.1) is 0 Å². The molecular weight excluding hydrogens is 236 g/mol. The summed E-state index contributed by atoms with van der Waals surface area (Å²) in [6.07, 6.45) is 7.51. The molecule has 0 amide bonds. The summed E-state index contributed by atoms with van der Waals surface area (Å²) in [6, 6.07) is 4.58. The van der Waals surface area contributed by atoms with Gasteiger partial charge in [-0.25, -0.2) is 0 Å². The van der Waals surface area contributed by atoms with Gasteiger partial charge in [-0.3, -0.25) is 9.98 Å². The van der Waals surface area contributed by atoms with E-state index in [0.717, 1.165) is 17.8 Å². The van der Waals surface area contributed by atoms with Gasteiger partial charge in [-0.15, -0.1) is 0 Å². The van der Waals surface area contributed by atoms with Crippen LogP contribution in [0.4, 0.5) is 0 Å². The summed E-state index contributed by atoms with van der Waals surface area (Å²) in [5, 5.41) is 3.48. The van der Waals surface area contributed by atoms with Gasteiger partial charge in [0.1, 0.15) is 0 Å². The van der Waals surface area contributed by atoms with E-state index >= 15 is 0 Å². The second-order valence-electron chi connectivity index (χ2n) is 4.63. The van der Waals surface area contributed by atoms with Crippen LogP contribution in [0.5, 0.6) is 0 Å². The number of nitrogens with one attached hydrogen (secondary N) is 1. The third kappa shape index (κ3) is 5.22. The van der Waals surface area contributed by atoms with Crippen molar-refractivity contribution in [1.82, 2.24) is 10.3 Å². The summed E-state index contributed by atoms with van der Waals surface area (Å²) in [4.78, 5) is 8.37. The maximum absolute atomic E-state index is 5.56. The first kappa shape index (κ1) is 15.4. The lowest BCUT2D eigenvalue weighted by atomic mass is 10.1. The first-order valence-corrected chi connectivity index (χ1v) is 6.74. The second kappa shape index (κ2) is 8.43. The Balaban J connectivity index is 2.61. The van der Waals surface area contributed by atoms with Crippen molar-refractivity contribution in [3.63, 3.8) is 0 Å². The van der Waals surface area contributed by atoms with Gasteiger partial charge in [0.25, 0.3) is 0 Å². The molecule has 0 saturated carbocycles. The summed E-state index contributed by atoms with van der Waals surface area (Å²) >= 11 is 0. The standard InChI is InChI=1S/C15H24N4/c1-4-5-12(2)18-9-13-6-7-15(19-10-13)14(8-16)11-17-3/h6-8,10-12,18H,4-5,9,16H2,1-3H3/b14-8+,17-11?. The van der Waals surface area contributed by atoms with Crippen molar-refractivity contribution in [3.05, 3.63) is 35.8 Å². The van der Waals surface area contributed by atoms with E-state index in [1.807, 2.05) is 12.3 Å². The van der Waals surface area contributed by atoms with Crippen LogP contribution >= 0.6 is 0 Å². The Hall–Kier alpha value is -1.68. The SMILES string of the molecule is CCCC(C)NCc1ccc(/C(C=NC)=C/N)nc1. The fraction of sp³-hybridized carbons (Fsp3) is 0.467. The lowest BCUT2D eigenvalue weighted by Gasteiger charge is -2.12. The highest BCUT2D eigenvalue weighted by atomic mass is 14.9. The maximum atomic E-state index is 5.56. The molecule has 1 unspecified atom stereocenters. The molecular formula is C15H24N4. The monoisotopic (exact) mass is 260 g/mol. The predicted molar refractivity (Wildman–Crippen MR) is 82.0 cm³/mol. The lowest BCUT2D eigenvalue weighted by molar-refractivity contribution is 0.508. The third-order valence-corrected chi connectivity index (χ3v) is 2.94. The van der Waals surface area contributed by atoms with E-state index in [2.05, 4.69) is 35.2 Å². The molecule has 0 saturated heterocycles. The summed E-state index contributed by atoms with van der Waals surface area (Å²) in [5.41, 5.74) is 8.41.